The monoisotopic (exact) mass is 501 g/mol. The predicted octanol–water partition coefficient (Wildman–Crippen LogP) is 5.54. The molecule has 0 aliphatic rings. The van der Waals surface area contributed by atoms with E-state index in [-0.39, 0.29) is 11.7 Å². The minimum atomic E-state index is -0.319. The van der Waals surface area contributed by atoms with Crippen molar-refractivity contribution in [3.63, 3.8) is 0 Å². The first-order chi connectivity index (χ1) is 17.5. The number of hydrogen-bond acceptors (Lipinski definition) is 6. The number of para-hydroxylation sites is 1. The average Bonchev–Trinajstić information content (AvgIpc) is 3.35. The molecule has 1 amide bonds. The topological polar surface area (TPSA) is 89.8 Å². The second-order valence-corrected chi connectivity index (χ2v) is 8.59. The first-order valence-electron chi connectivity index (χ1n) is 11.3. The molecule has 0 fully saturated rings. The van der Waals surface area contributed by atoms with Gasteiger partial charge in [0.25, 0.3) is 5.91 Å². The van der Waals surface area contributed by atoms with Crippen LogP contribution in [0.4, 0.5) is 11.5 Å². The van der Waals surface area contributed by atoms with Crippen LogP contribution in [0, 0.1) is 6.92 Å². The van der Waals surface area contributed by atoms with E-state index in [1.54, 1.807) is 36.9 Å². The molecule has 2 heterocycles. The van der Waals surface area contributed by atoms with Gasteiger partial charge < -0.3 is 20.1 Å². The van der Waals surface area contributed by atoms with Gasteiger partial charge in [-0.1, -0.05) is 54.1 Å². The van der Waals surface area contributed by atoms with Crippen LogP contribution in [0.25, 0.3) is 16.6 Å². The van der Waals surface area contributed by atoms with Gasteiger partial charge in [0.15, 0.2) is 17.3 Å². The lowest BCUT2D eigenvalue weighted by atomic mass is 10.2. The van der Waals surface area contributed by atoms with Gasteiger partial charge in [0.2, 0.25) is 5.82 Å². The Hall–Kier alpha value is -4.30. The van der Waals surface area contributed by atoms with Crippen LogP contribution >= 0.6 is 11.6 Å². The Morgan fingerprint density at radius 2 is 1.75 bits per heavy atom. The Labute approximate surface area is 212 Å². The Morgan fingerprint density at radius 3 is 2.47 bits per heavy atom. The molecule has 2 aromatic heterocycles. The zero-order chi connectivity index (χ0) is 25.2. The van der Waals surface area contributed by atoms with E-state index in [2.05, 4.69) is 15.6 Å². The number of anilines is 2. The van der Waals surface area contributed by atoms with Gasteiger partial charge in [-0.25, -0.2) is 9.97 Å². The average molecular weight is 502 g/mol. The maximum atomic E-state index is 13.3. The molecular weight excluding hydrogens is 478 g/mol. The van der Waals surface area contributed by atoms with Gasteiger partial charge in [0.05, 0.1) is 42.2 Å². The van der Waals surface area contributed by atoms with Crippen LogP contribution in [0.2, 0.25) is 5.02 Å². The van der Waals surface area contributed by atoms with Crippen molar-refractivity contribution in [3.8, 4) is 11.5 Å². The third kappa shape index (κ3) is 4.27. The molecule has 8 nitrogen and oxygen atoms in total. The molecule has 0 aliphatic carbocycles. The second kappa shape index (κ2) is 9.75. The van der Waals surface area contributed by atoms with Crippen LogP contribution in [0.1, 0.15) is 21.7 Å². The molecule has 5 rings (SSSR count). The highest BCUT2D eigenvalue weighted by Crippen LogP contribution is 2.36. The van der Waals surface area contributed by atoms with Crippen molar-refractivity contribution in [1.82, 2.24) is 19.7 Å². The molecule has 0 atom stereocenters. The Morgan fingerprint density at radius 1 is 1.00 bits per heavy atom. The van der Waals surface area contributed by atoms with Crippen molar-refractivity contribution in [2.45, 2.75) is 13.5 Å². The summed E-state index contributed by atoms with van der Waals surface area (Å²) in [4.78, 5) is 22.6. The summed E-state index contributed by atoms with van der Waals surface area (Å²) < 4.78 is 12.8. The number of nitrogens with zero attached hydrogens (tertiary/aromatic N) is 3. The molecule has 182 valence electrons. The number of aromatic nitrogens is 3. The van der Waals surface area contributed by atoms with Crippen LogP contribution < -0.4 is 20.1 Å². The van der Waals surface area contributed by atoms with E-state index in [1.807, 2.05) is 55.5 Å². The minimum Gasteiger partial charge on any atom is -0.493 e. The molecule has 0 bridgehead atoms. The molecule has 0 aliphatic heterocycles. The molecule has 36 heavy (non-hydrogen) atoms. The Bertz CT molecular complexity index is 1560. The number of imidazole rings is 1. The number of nitrogens with one attached hydrogen (secondary N) is 2. The lowest BCUT2D eigenvalue weighted by Crippen LogP contribution is -2.25. The number of hydrogen-bond donors (Lipinski definition) is 2. The molecule has 0 radical (unpaired) electrons. The fourth-order valence-corrected chi connectivity index (χ4v) is 4.35. The van der Waals surface area contributed by atoms with E-state index in [4.69, 9.17) is 26.1 Å². The van der Waals surface area contributed by atoms with E-state index in [0.717, 1.165) is 16.8 Å². The van der Waals surface area contributed by atoms with Crippen LogP contribution in [0.3, 0.4) is 0 Å². The summed E-state index contributed by atoms with van der Waals surface area (Å²) in [6, 6.07) is 18.9. The maximum absolute atomic E-state index is 13.3. The third-order valence-electron chi connectivity index (χ3n) is 5.92. The minimum absolute atomic E-state index is 0.222. The van der Waals surface area contributed by atoms with Crippen LogP contribution in [-0.2, 0) is 6.54 Å². The van der Waals surface area contributed by atoms with Crippen molar-refractivity contribution < 1.29 is 14.3 Å². The van der Waals surface area contributed by atoms with Gasteiger partial charge in [-0.15, -0.1) is 0 Å². The number of aryl methyl sites for hydroxylation is 1. The molecule has 0 unspecified atom stereocenters. The number of ether oxygens (including phenoxy) is 2. The lowest BCUT2D eigenvalue weighted by molar-refractivity contribution is 0.0940. The molecule has 5 aromatic rings. The van der Waals surface area contributed by atoms with E-state index in [1.165, 1.54) is 0 Å². The summed E-state index contributed by atoms with van der Waals surface area (Å²) in [6.07, 6.45) is 1.62. The van der Waals surface area contributed by atoms with Gasteiger partial charge in [-0.2, -0.15) is 0 Å². The summed E-state index contributed by atoms with van der Waals surface area (Å²) in [5.74, 6) is 1.44. The van der Waals surface area contributed by atoms with E-state index in [0.29, 0.717) is 45.4 Å². The molecule has 3 aromatic carbocycles. The van der Waals surface area contributed by atoms with Crippen molar-refractivity contribution >= 4 is 45.6 Å². The quantitative estimate of drug-likeness (QED) is 0.304. The fraction of sp³-hybridized carbons (Fsp3) is 0.148. The maximum Gasteiger partial charge on any atom is 0.287 e. The zero-order valence-electron chi connectivity index (χ0n) is 20.0. The van der Waals surface area contributed by atoms with Crippen molar-refractivity contribution in [3.05, 3.63) is 88.8 Å². The SMILES string of the molecule is COc1cc2nc(Nc3c(C)cccc3Cl)c3cnc(C(=O)NCc4ccccc4)n3c2cc1OC. The molecule has 9 heteroatoms. The fourth-order valence-electron chi connectivity index (χ4n) is 4.08. The Balaban J connectivity index is 1.67. The normalized spacial score (nSPS) is 11.0. The van der Waals surface area contributed by atoms with Gasteiger partial charge in [-0.05, 0) is 24.1 Å². The number of rotatable bonds is 7. The van der Waals surface area contributed by atoms with Gasteiger partial charge in [0, 0.05) is 18.7 Å². The van der Waals surface area contributed by atoms with Crippen molar-refractivity contribution in [2.24, 2.45) is 0 Å². The van der Waals surface area contributed by atoms with Crippen molar-refractivity contribution in [1.29, 1.82) is 0 Å². The largest absolute Gasteiger partial charge is 0.493 e. The number of fused-ring (bicyclic) bond motifs is 3. The molecule has 2 N–H and O–H groups in total. The van der Waals surface area contributed by atoms with Gasteiger partial charge in [0.1, 0.15) is 5.52 Å². The van der Waals surface area contributed by atoms with E-state index < -0.39 is 0 Å². The molecule has 0 saturated heterocycles. The summed E-state index contributed by atoms with van der Waals surface area (Å²) in [5.41, 5.74) is 4.51. The number of halogens is 1. The van der Waals surface area contributed by atoms with Crippen LogP contribution in [0.5, 0.6) is 11.5 Å². The zero-order valence-corrected chi connectivity index (χ0v) is 20.8. The first-order valence-corrected chi connectivity index (χ1v) is 11.7. The number of benzene rings is 3. The van der Waals surface area contributed by atoms with E-state index >= 15 is 0 Å². The van der Waals surface area contributed by atoms with Crippen LogP contribution in [-0.4, -0.2) is 34.5 Å². The highest BCUT2D eigenvalue weighted by molar-refractivity contribution is 6.33. The second-order valence-electron chi connectivity index (χ2n) is 8.18. The van der Waals surface area contributed by atoms with Gasteiger partial charge in [-0.3, -0.25) is 9.20 Å². The standard InChI is InChI=1S/C27H24ClN5O3/c1-16-8-7-11-18(28)24(16)32-25-21-15-29-26(27(34)30-14-17-9-5-4-6-10-17)33(21)20-13-23(36-3)22(35-2)12-19(20)31-25/h4-13,15H,14H2,1-3H3,(H,30,34)(H,31,32). The summed E-state index contributed by atoms with van der Waals surface area (Å²) in [6.45, 7) is 2.33. The smallest absolute Gasteiger partial charge is 0.287 e. The molecule has 0 saturated carbocycles. The summed E-state index contributed by atoms with van der Waals surface area (Å²) >= 11 is 6.48. The van der Waals surface area contributed by atoms with Crippen molar-refractivity contribution in [2.75, 3.05) is 19.5 Å². The summed E-state index contributed by atoms with van der Waals surface area (Å²) in [5, 5.41) is 6.86. The summed E-state index contributed by atoms with van der Waals surface area (Å²) in [7, 11) is 3.12. The Kier molecular flexibility index (Phi) is 6.35. The highest BCUT2D eigenvalue weighted by atomic mass is 35.5. The highest BCUT2D eigenvalue weighted by Gasteiger charge is 2.21. The number of carbonyl (C=O) groups is 1. The van der Waals surface area contributed by atoms with Gasteiger partial charge >= 0.3 is 0 Å². The first kappa shape index (κ1) is 23.4. The molecule has 0 spiro atoms. The lowest BCUT2D eigenvalue weighted by Gasteiger charge is -2.16. The predicted molar refractivity (Wildman–Crippen MR) is 141 cm³/mol. The van der Waals surface area contributed by atoms with Crippen LogP contribution in [0.15, 0.2) is 66.9 Å². The number of amides is 1. The number of carbonyl (C=O) groups excluding carboxylic acids is 1. The number of methoxy groups -OCH3 is 2. The van der Waals surface area contributed by atoms with E-state index in [9.17, 15) is 4.79 Å². The molecular formula is C27H24ClN5O3. The third-order valence-corrected chi connectivity index (χ3v) is 6.24.